The summed E-state index contributed by atoms with van der Waals surface area (Å²) in [6.07, 6.45) is 10.8. The summed E-state index contributed by atoms with van der Waals surface area (Å²) in [5, 5.41) is 13.8. The van der Waals surface area contributed by atoms with Gasteiger partial charge in [0.05, 0.1) is 17.1 Å². The second kappa shape index (κ2) is 9.41. The first-order valence-corrected chi connectivity index (χ1v) is 12.2. The Balaban J connectivity index is 1.13. The normalized spacial score (nSPS) is 25.0. The third-order valence-electron chi connectivity index (χ3n) is 7.65. The van der Waals surface area contributed by atoms with Crippen molar-refractivity contribution in [3.8, 4) is 6.07 Å². The van der Waals surface area contributed by atoms with Crippen molar-refractivity contribution in [3.63, 3.8) is 0 Å². The summed E-state index contributed by atoms with van der Waals surface area (Å²) in [6, 6.07) is 8.76. The number of hydrogen-bond acceptors (Lipinski definition) is 6. The Morgan fingerprint density at radius 2 is 1.75 bits per heavy atom. The summed E-state index contributed by atoms with van der Waals surface area (Å²) in [5.74, 6) is 1.53. The number of anilines is 1. The number of rotatable bonds is 4. The van der Waals surface area contributed by atoms with Gasteiger partial charge in [-0.15, -0.1) is 0 Å². The van der Waals surface area contributed by atoms with Crippen LogP contribution in [-0.4, -0.2) is 63.9 Å². The van der Waals surface area contributed by atoms with Gasteiger partial charge in [-0.25, -0.2) is 9.97 Å². The molecule has 1 saturated heterocycles. The van der Waals surface area contributed by atoms with E-state index in [4.69, 9.17) is 0 Å². The van der Waals surface area contributed by atoms with E-state index in [0.717, 1.165) is 68.6 Å². The predicted molar refractivity (Wildman–Crippen MR) is 124 cm³/mol. The SMILES string of the molecule is N#Cc1ccc2ncnc(NC3CCC(N4CCN(C(=O)C5CCCC5)CC4)CC3)c2c1. The minimum absolute atomic E-state index is 0.296. The topological polar surface area (TPSA) is 85.2 Å². The average molecular weight is 433 g/mol. The predicted octanol–water partition coefficient (Wildman–Crippen LogP) is 3.56. The summed E-state index contributed by atoms with van der Waals surface area (Å²) in [4.78, 5) is 26.2. The smallest absolute Gasteiger partial charge is 0.225 e. The van der Waals surface area contributed by atoms with Gasteiger partial charge in [-0.3, -0.25) is 9.69 Å². The van der Waals surface area contributed by atoms with Crippen molar-refractivity contribution in [1.29, 1.82) is 5.26 Å². The molecule has 5 rings (SSSR count). The zero-order valence-electron chi connectivity index (χ0n) is 18.7. The van der Waals surface area contributed by atoms with Crippen LogP contribution >= 0.6 is 0 Å². The number of nitrogens with one attached hydrogen (secondary N) is 1. The first kappa shape index (κ1) is 21.1. The lowest BCUT2D eigenvalue weighted by molar-refractivity contribution is -0.137. The Kier molecular flexibility index (Phi) is 6.22. The summed E-state index contributed by atoms with van der Waals surface area (Å²) in [6.45, 7) is 3.80. The van der Waals surface area contributed by atoms with Crippen LogP contribution in [0.15, 0.2) is 24.5 Å². The molecular weight excluding hydrogens is 400 g/mol. The van der Waals surface area contributed by atoms with Crippen LogP contribution in [0.1, 0.15) is 56.9 Å². The molecule has 7 nitrogen and oxygen atoms in total. The second-order valence-electron chi connectivity index (χ2n) is 9.56. The molecule has 1 N–H and O–H groups in total. The van der Waals surface area contributed by atoms with E-state index in [-0.39, 0.29) is 0 Å². The quantitative estimate of drug-likeness (QED) is 0.795. The van der Waals surface area contributed by atoms with E-state index in [1.54, 1.807) is 12.4 Å². The number of nitriles is 1. The highest BCUT2D eigenvalue weighted by atomic mass is 16.2. The van der Waals surface area contributed by atoms with E-state index in [9.17, 15) is 10.1 Å². The Labute approximate surface area is 189 Å². The third-order valence-corrected chi connectivity index (χ3v) is 7.65. The number of hydrogen-bond donors (Lipinski definition) is 1. The molecule has 0 atom stereocenters. The minimum Gasteiger partial charge on any atom is -0.367 e. The molecule has 7 heteroatoms. The van der Waals surface area contributed by atoms with E-state index in [0.29, 0.717) is 29.5 Å². The van der Waals surface area contributed by atoms with Crippen LogP contribution in [0.2, 0.25) is 0 Å². The Bertz CT molecular complexity index is 995. The Morgan fingerprint density at radius 3 is 2.47 bits per heavy atom. The maximum absolute atomic E-state index is 12.7. The molecule has 3 fully saturated rings. The first-order valence-electron chi connectivity index (χ1n) is 12.2. The van der Waals surface area contributed by atoms with Crippen LogP contribution in [-0.2, 0) is 4.79 Å². The molecule has 3 aliphatic rings. The van der Waals surface area contributed by atoms with E-state index in [1.807, 2.05) is 12.1 Å². The molecule has 1 amide bonds. The van der Waals surface area contributed by atoms with Gasteiger partial charge in [0.25, 0.3) is 0 Å². The van der Waals surface area contributed by atoms with Crippen LogP contribution in [0.3, 0.4) is 0 Å². The lowest BCUT2D eigenvalue weighted by atomic mass is 9.89. The Morgan fingerprint density at radius 1 is 1.00 bits per heavy atom. The van der Waals surface area contributed by atoms with Crippen LogP contribution in [0, 0.1) is 17.2 Å². The number of aromatic nitrogens is 2. The molecular formula is C25H32N6O. The molecule has 2 aromatic rings. The highest BCUT2D eigenvalue weighted by molar-refractivity contribution is 5.89. The van der Waals surface area contributed by atoms with Crippen LogP contribution in [0.25, 0.3) is 10.9 Å². The van der Waals surface area contributed by atoms with E-state index < -0.39 is 0 Å². The number of nitrogens with zero attached hydrogens (tertiary/aromatic N) is 5. The monoisotopic (exact) mass is 432 g/mol. The van der Waals surface area contributed by atoms with Gasteiger partial charge in [-0.05, 0) is 56.7 Å². The highest BCUT2D eigenvalue weighted by Gasteiger charge is 2.32. The molecule has 1 aromatic carbocycles. The number of carbonyl (C=O) groups excluding carboxylic acids is 1. The van der Waals surface area contributed by atoms with Crippen molar-refractivity contribution >= 4 is 22.6 Å². The molecule has 32 heavy (non-hydrogen) atoms. The van der Waals surface area contributed by atoms with Gasteiger partial charge in [-0.2, -0.15) is 5.26 Å². The molecule has 2 aliphatic carbocycles. The summed E-state index contributed by atoms with van der Waals surface area (Å²) >= 11 is 0. The minimum atomic E-state index is 0.296. The largest absolute Gasteiger partial charge is 0.367 e. The number of amides is 1. The van der Waals surface area contributed by atoms with Gasteiger partial charge in [0.15, 0.2) is 0 Å². The van der Waals surface area contributed by atoms with E-state index >= 15 is 0 Å². The molecule has 2 saturated carbocycles. The first-order chi connectivity index (χ1) is 15.7. The fourth-order valence-corrected chi connectivity index (χ4v) is 5.76. The zero-order valence-corrected chi connectivity index (χ0v) is 18.7. The number of piperazine rings is 1. The molecule has 2 heterocycles. The summed E-state index contributed by atoms with van der Waals surface area (Å²) < 4.78 is 0. The zero-order chi connectivity index (χ0) is 21.9. The summed E-state index contributed by atoms with van der Waals surface area (Å²) in [5.41, 5.74) is 1.49. The second-order valence-corrected chi connectivity index (χ2v) is 9.56. The molecule has 0 unspecified atom stereocenters. The maximum atomic E-state index is 12.7. The van der Waals surface area contributed by atoms with Crippen molar-refractivity contribution in [3.05, 3.63) is 30.1 Å². The highest BCUT2D eigenvalue weighted by Crippen LogP contribution is 2.30. The van der Waals surface area contributed by atoms with Crippen molar-refractivity contribution in [1.82, 2.24) is 19.8 Å². The van der Waals surface area contributed by atoms with Gasteiger partial charge in [0, 0.05) is 49.6 Å². The fraction of sp³-hybridized carbons (Fsp3) is 0.600. The van der Waals surface area contributed by atoms with Crippen molar-refractivity contribution in [2.75, 3.05) is 31.5 Å². The molecule has 0 spiro atoms. The standard InChI is InChI=1S/C25H32N6O/c26-16-18-5-10-23-22(15-18)24(28-17-27-23)29-20-6-8-21(9-7-20)30-11-13-31(14-12-30)25(32)19-3-1-2-4-19/h5,10,15,17,19-21H,1-4,6-9,11-14H2,(H,27,28,29). The van der Waals surface area contributed by atoms with Crippen LogP contribution < -0.4 is 5.32 Å². The van der Waals surface area contributed by atoms with Gasteiger partial charge in [-0.1, -0.05) is 12.8 Å². The van der Waals surface area contributed by atoms with Gasteiger partial charge >= 0.3 is 0 Å². The van der Waals surface area contributed by atoms with Gasteiger partial charge in [0.2, 0.25) is 5.91 Å². The Hall–Kier alpha value is -2.72. The van der Waals surface area contributed by atoms with Crippen LogP contribution in [0.4, 0.5) is 5.82 Å². The average Bonchev–Trinajstić information content (AvgIpc) is 3.39. The van der Waals surface area contributed by atoms with Crippen LogP contribution in [0.5, 0.6) is 0 Å². The lowest BCUT2D eigenvalue weighted by Gasteiger charge is -2.42. The molecule has 1 aromatic heterocycles. The van der Waals surface area contributed by atoms with Crippen molar-refractivity contribution in [2.45, 2.75) is 63.5 Å². The fourth-order valence-electron chi connectivity index (χ4n) is 5.76. The van der Waals surface area contributed by atoms with E-state index in [1.165, 1.54) is 25.7 Å². The molecule has 0 bridgehead atoms. The number of benzene rings is 1. The molecule has 168 valence electrons. The van der Waals surface area contributed by atoms with Crippen molar-refractivity contribution < 1.29 is 4.79 Å². The number of carbonyl (C=O) groups is 1. The molecule has 0 radical (unpaired) electrons. The van der Waals surface area contributed by atoms with Gasteiger partial charge in [0.1, 0.15) is 12.1 Å². The lowest BCUT2D eigenvalue weighted by Crippen LogP contribution is -2.53. The number of fused-ring (bicyclic) bond motifs is 1. The van der Waals surface area contributed by atoms with E-state index in [2.05, 4.69) is 31.2 Å². The third kappa shape index (κ3) is 4.42. The molecule has 1 aliphatic heterocycles. The van der Waals surface area contributed by atoms with Gasteiger partial charge < -0.3 is 10.2 Å². The maximum Gasteiger partial charge on any atom is 0.225 e. The summed E-state index contributed by atoms with van der Waals surface area (Å²) in [7, 11) is 0. The van der Waals surface area contributed by atoms with Crippen molar-refractivity contribution in [2.24, 2.45) is 5.92 Å².